The van der Waals surface area contributed by atoms with E-state index in [0.29, 0.717) is 51.7 Å². The molecule has 0 saturated heterocycles. The van der Waals surface area contributed by atoms with Gasteiger partial charge in [0.05, 0.1) is 33.1 Å². The van der Waals surface area contributed by atoms with Crippen LogP contribution in [-0.2, 0) is 17.8 Å². The van der Waals surface area contributed by atoms with Crippen molar-refractivity contribution in [2.24, 2.45) is 0 Å². The zero-order valence-electron chi connectivity index (χ0n) is 18.1. The lowest BCUT2D eigenvalue weighted by Gasteiger charge is -2.12. The molecule has 0 amide bonds. The van der Waals surface area contributed by atoms with Crippen LogP contribution in [0, 0.1) is 19.7 Å². The molecule has 0 unspecified atom stereocenters. The van der Waals surface area contributed by atoms with Crippen LogP contribution in [0.5, 0.6) is 0 Å². The minimum Gasteiger partial charge on any atom is -0.457 e. The lowest BCUT2D eigenvalue weighted by molar-refractivity contribution is 0.0472. The first-order chi connectivity index (χ1) is 15.9. The summed E-state index contributed by atoms with van der Waals surface area (Å²) in [7, 11) is 0. The summed E-state index contributed by atoms with van der Waals surface area (Å²) in [6.07, 6.45) is 2.94. The molecule has 166 valence electrons. The Morgan fingerprint density at radius 2 is 2.00 bits per heavy atom. The number of carbonyl (C=O) groups excluding carboxylic acids is 1. The predicted octanol–water partition coefficient (Wildman–Crippen LogP) is 6.48. The van der Waals surface area contributed by atoms with Gasteiger partial charge in [0.25, 0.3) is 0 Å². The van der Waals surface area contributed by atoms with Crippen molar-refractivity contribution < 1.29 is 18.4 Å². The molecule has 0 bridgehead atoms. The number of allylic oxidation sites excluding steroid dienone is 1. The molecule has 1 aliphatic rings. The van der Waals surface area contributed by atoms with Crippen LogP contribution in [0.15, 0.2) is 47.0 Å². The zero-order valence-corrected chi connectivity index (χ0v) is 18.9. The van der Waals surface area contributed by atoms with Crippen molar-refractivity contribution in [3.8, 4) is 0 Å². The Labute approximate surface area is 194 Å². The Kier molecular flexibility index (Phi) is 5.46. The highest BCUT2D eigenvalue weighted by molar-refractivity contribution is 6.32. The molecule has 33 heavy (non-hydrogen) atoms. The molecule has 5 rings (SSSR count). The van der Waals surface area contributed by atoms with Crippen molar-refractivity contribution in [2.45, 2.75) is 33.3 Å². The molecule has 2 heterocycles. The maximum atomic E-state index is 14.4. The average molecular weight is 463 g/mol. The highest BCUT2D eigenvalue weighted by Gasteiger charge is 2.28. The second-order valence-electron chi connectivity index (χ2n) is 8.01. The van der Waals surface area contributed by atoms with Gasteiger partial charge in [-0.3, -0.25) is 0 Å². The SMILES string of the molecule is Cc1noc(C)c1COC(=O)c1c2c(nc3ccccc13)C(=Cc1c(F)cccc1Cl)CC2. The Hall–Kier alpha value is -3.51. The van der Waals surface area contributed by atoms with Crippen LogP contribution in [0.3, 0.4) is 0 Å². The Bertz CT molecular complexity index is 1400. The maximum Gasteiger partial charge on any atom is 0.339 e. The molecule has 0 saturated carbocycles. The average Bonchev–Trinajstić information content (AvgIpc) is 3.35. The number of carbonyl (C=O) groups is 1. The van der Waals surface area contributed by atoms with Gasteiger partial charge in [0.15, 0.2) is 0 Å². The third-order valence-corrected chi connectivity index (χ3v) is 6.32. The van der Waals surface area contributed by atoms with Crippen LogP contribution in [0.1, 0.15) is 50.6 Å². The number of aromatic nitrogens is 2. The van der Waals surface area contributed by atoms with Crippen molar-refractivity contribution in [3.05, 3.63) is 92.7 Å². The Balaban J connectivity index is 1.59. The van der Waals surface area contributed by atoms with E-state index in [9.17, 15) is 9.18 Å². The van der Waals surface area contributed by atoms with Gasteiger partial charge in [-0.25, -0.2) is 14.2 Å². The lowest BCUT2D eigenvalue weighted by atomic mass is 10.0. The summed E-state index contributed by atoms with van der Waals surface area (Å²) in [6, 6.07) is 12.1. The molecule has 0 aliphatic heterocycles. The molecule has 0 spiro atoms. The standard InChI is InChI=1S/C26H20ClFN2O3/c1-14-20(15(2)33-30-14)13-32-26(31)24-17-6-3-4-9-23(17)29-25-16(10-11-18(24)25)12-19-21(27)7-5-8-22(19)28/h3-9,12H,10-11,13H2,1-2H3. The van der Waals surface area contributed by atoms with E-state index in [0.717, 1.165) is 22.1 Å². The largest absolute Gasteiger partial charge is 0.457 e. The summed E-state index contributed by atoms with van der Waals surface area (Å²) in [6.45, 7) is 3.66. The highest BCUT2D eigenvalue weighted by Crippen LogP contribution is 2.39. The highest BCUT2D eigenvalue weighted by atomic mass is 35.5. The summed E-state index contributed by atoms with van der Waals surface area (Å²) in [5.41, 5.74) is 5.25. The number of fused-ring (bicyclic) bond motifs is 2. The normalized spacial score (nSPS) is 14.1. The Morgan fingerprint density at radius 1 is 1.18 bits per heavy atom. The van der Waals surface area contributed by atoms with Gasteiger partial charge in [0, 0.05) is 10.9 Å². The number of hydrogen-bond donors (Lipinski definition) is 0. The van der Waals surface area contributed by atoms with E-state index >= 15 is 0 Å². The van der Waals surface area contributed by atoms with E-state index in [1.165, 1.54) is 6.07 Å². The predicted molar refractivity (Wildman–Crippen MR) is 124 cm³/mol. The lowest BCUT2D eigenvalue weighted by Crippen LogP contribution is -2.11. The number of esters is 1. The number of para-hydroxylation sites is 1. The molecule has 4 aromatic rings. The second kappa shape index (κ2) is 8.45. The van der Waals surface area contributed by atoms with Gasteiger partial charge in [-0.05, 0) is 62.1 Å². The fraction of sp³-hybridized carbons (Fsp3) is 0.192. The van der Waals surface area contributed by atoms with E-state index in [2.05, 4.69) is 5.16 Å². The molecular formula is C26H20ClFN2O3. The molecule has 1 aliphatic carbocycles. The summed E-state index contributed by atoms with van der Waals surface area (Å²) in [4.78, 5) is 18.1. The fourth-order valence-electron chi connectivity index (χ4n) is 4.25. The van der Waals surface area contributed by atoms with Gasteiger partial charge in [-0.2, -0.15) is 0 Å². The summed E-state index contributed by atoms with van der Waals surface area (Å²) >= 11 is 6.24. The van der Waals surface area contributed by atoms with E-state index in [1.807, 2.05) is 31.2 Å². The number of ether oxygens (including phenoxy) is 1. The summed E-state index contributed by atoms with van der Waals surface area (Å²) in [5.74, 6) is -0.213. The number of rotatable bonds is 4. The molecule has 0 atom stereocenters. The first kappa shape index (κ1) is 21.3. The van der Waals surface area contributed by atoms with Crippen molar-refractivity contribution in [3.63, 3.8) is 0 Å². The van der Waals surface area contributed by atoms with Crippen LogP contribution in [0.25, 0.3) is 22.6 Å². The molecule has 5 nitrogen and oxygen atoms in total. The number of nitrogens with zero attached hydrogens (tertiary/aromatic N) is 2. The van der Waals surface area contributed by atoms with Crippen LogP contribution >= 0.6 is 11.6 Å². The second-order valence-corrected chi connectivity index (χ2v) is 8.42. The van der Waals surface area contributed by atoms with Crippen LogP contribution in [0.4, 0.5) is 4.39 Å². The number of hydrogen-bond acceptors (Lipinski definition) is 5. The van der Waals surface area contributed by atoms with E-state index in [4.69, 9.17) is 25.8 Å². The monoisotopic (exact) mass is 462 g/mol. The molecule has 7 heteroatoms. The van der Waals surface area contributed by atoms with Gasteiger partial charge < -0.3 is 9.26 Å². The topological polar surface area (TPSA) is 65.2 Å². The van der Waals surface area contributed by atoms with E-state index in [1.54, 1.807) is 25.1 Å². The first-order valence-corrected chi connectivity index (χ1v) is 11.0. The van der Waals surface area contributed by atoms with Crippen LogP contribution < -0.4 is 0 Å². The molecule has 0 radical (unpaired) electrons. The van der Waals surface area contributed by atoms with Crippen molar-refractivity contribution in [1.29, 1.82) is 0 Å². The minimum absolute atomic E-state index is 0.0684. The fourth-order valence-corrected chi connectivity index (χ4v) is 4.47. The molecule has 0 N–H and O–H groups in total. The number of pyridine rings is 1. The van der Waals surface area contributed by atoms with Crippen molar-refractivity contribution in [2.75, 3.05) is 0 Å². The molecular weight excluding hydrogens is 443 g/mol. The summed E-state index contributed by atoms with van der Waals surface area (Å²) in [5, 5.41) is 4.97. The summed E-state index contributed by atoms with van der Waals surface area (Å²) < 4.78 is 25.3. The van der Waals surface area contributed by atoms with Gasteiger partial charge in [-0.15, -0.1) is 0 Å². The molecule has 2 aromatic heterocycles. The minimum atomic E-state index is -0.435. The van der Waals surface area contributed by atoms with Gasteiger partial charge in [0.1, 0.15) is 18.2 Å². The Morgan fingerprint density at radius 3 is 2.76 bits per heavy atom. The quantitative estimate of drug-likeness (QED) is 0.325. The van der Waals surface area contributed by atoms with Crippen molar-refractivity contribution >= 4 is 40.1 Å². The first-order valence-electron chi connectivity index (χ1n) is 10.6. The smallest absolute Gasteiger partial charge is 0.339 e. The van der Waals surface area contributed by atoms with Crippen LogP contribution in [-0.4, -0.2) is 16.1 Å². The van der Waals surface area contributed by atoms with Crippen LogP contribution in [0.2, 0.25) is 5.02 Å². The van der Waals surface area contributed by atoms with Gasteiger partial charge in [-0.1, -0.05) is 41.0 Å². The number of halogens is 2. The third kappa shape index (κ3) is 3.80. The van der Waals surface area contributed by atoms with Gasteiger partial charge >= 0.3 is 5.97 Å². The van der Waals surface area contributed by atoms with E-state index in [-0.39, 0.29) is 6.61 Å². The van der Waals surface area contributed by atoms with Crippen molar-refractivity contribution in [1.82, 2.24) is 10.1 Å². The zero-order chi connectivity index (χ0) is 23.1. The third-order valence-electron chi connectivity index (χ3n) is 5.99. The van der Waals surface area contributed by atoms with E-state index < -0.39 is 11.8 Å². The number of benzene rings is 2. The number of aryl methyl sites for hydroxylation is 2. The molecule has 2 aromatic carbocycles. The molecule has 0 fully saturated rings. The maximum absolute atomic E-state index is 14.4. The van der Waals surface area contributed by atoms with Gasteiger partial charge in [0.2, 0.25) is 0 Å².